The zero-order valence-corrected chi connectivity index (χ0v) is 14.0. The van der Waals surface area contributed by atoms with E-state index < -0.39 is 24.1 Å². The Hall–Kier alpha value is -2.82. The van der Waals surface area contributed by atoms with Crippen LogP contribution in [-0.4, -0.2) is 24.1 Å². The lowest BCUT2D eigenvalue weighted by atomic mass is 10.2. The third-order valence-electron chi connectivity index (χ3n) is 3.34. The molecule has 0 aliphatic carbocycles. The van der Waals surface area contributed by atoms with E-state index in [-0.39, 0.29) is 0 Å². The van der Waals surface area contributed by atoms with Crippen LogP contribution in [0.4, 0.5) is 5.69 Å². The highest BCUT2D eigenvalue weighted by atomic mass is 16.6. The van der Waals surface area contributed by atoms with Crippen molar-refractivity contribution >= 4 is 17.6 Å². The number of hydrogen-bond acceptors (Lipinski definition) is 4. The van der Waals surface area contributed by atoms with Gasteiger partial charge in [-0.2, -0.15) is 0 Å². The molecule has 24 heavy (non-hydrogen) atoms. The lowest BCUT2D eigenvalue weighted by molar-refractivity contribution is -0.159. The number of benzene rings is 2. The Morgan fingerprint density at radius 3 is 2.33 bits per heavy atom. The van der Waals surface area contributed by atoms with Gasteiger partial charge in [-0.15, -0.1) is 0 Å². The normalized spacial score (nSPS) is 12.8. The minimum Gasteiger partial charge on any atom is -0.479 e. The fraction of sp³-hybridized carbons (Fsp3) is 0.263. The van der Waals surface area contributed by atoms with Gasteiger partial charge in [0.25, 0.3) is 5.91 Å². The van der Waals surface area contributed by atoms with Gasteiger partial charge in [0.2, 0.25) is 0 Å². The zero-order valence-electron chi connectivity index (χ0n) is 14.0. The molecule has 0 aliphatic heterocycles. The van der Waals surface area contributed by atoms with Crippen molar-refractivity contribution in [2.24, 2.45) is 0 Å². The van der Waals surface area contributed by atoms with E-state index >= 15 is 0 Å². The van der Waals surface area contributed by atoms with Crippen LogP contribution in [0.3, 0.4) is 0 Å². The van der Waals surface area contributed by atoms with Crippen molar-refractivity contribution in [2.75, 3.05) is 5.32 Å². The van der Waals surface area contributed by atoms with Crippen molar-refractivity contribution in [2.45, 2.75) is 33.0 Å². The number of aryl methyl sites for hydroxylation is 1. The number of rotatable bonds is 6. The molecule has 0 spiro atoms. The molecule has 2 atom stereocenters. The lowest BCUT2D eigenvalue weighted by Crippen LogP contribution is -2.35. The molecule has 5 heteroatoms. The molecule has 0 radical (unpaired) electrons. The molecule has 1 N–H and O–H groups in total. The second-order valence-corrected chi connectivity index (χ2v) is 5.51. The highest BCUT2D eigenvalue weighted by Gasteiger charge is 2.23. The topological polar surface area (TPSA) is 64.6 Å². The molecule has 2 aromatic rings. The van der Waals surface area contributed by atoms with Gasteiger partial charge in [-0.05, 0) is 50.6 Å². The first-order valence-corrected chi connectivity index (χ1v) is 7.75. The Labute approximate surface area is 141 Å². The number of para-hydroxylation sites is 1. The average Bonchev–Trinajstić information content (AvgIpc) is 2.55. The maximum Gasteiger partial charge on any atom is 0.347 e. The fourth-order valence-corrected chi connectivity index (χ4v) is 2.03. The van der Waals surface area contributed by atoms with E-state index in [2.05, 4.69) is 5.32 Å². The monoisotopic (exact) mass is 327 g/mol. The molecular formula is C19H21NO4. The van der Waals surface area contributed by atoms with Crippen LogP contribution < -0.4 is 10.1 Å². The second-order valence-electron chi connectivity index (χ2n) is 5.51. The Bertz CT molecular complexity index is 700. The molecule has 126 valence electrons. The first-order chi connectivity index (χ1) is 11.5. The first-order valence-electron chi connectivity index (χ1n) is 7.75. The van der Waals surface area contributed by atoms with E-state index in [0.717, 1.165) is 5.56 Å². The number of hydrogen-bond donors (Lipinski definition) is 1. The number of nitrogens with one attached hydrogen (secondary N) is 1. The van der Waals surface area contributed by atoms with Crippen molar-refractivity contribution in [1.29, 1.82) is 0 Å². The molecule has 5 nitrogen and oxygen atoms in total. The van der Waals surface area contributed by atoms with Crippen LogP contribution in [0.5, 0.6) is 5.75 Å². The Morgan fingerprint density at radius 1 is 0.958 bits per heavy atom. The summed E-state index contributed by atoms with van der Waals surface area (Å²) in [4.78, 5) is 24.1. The van der Waals surface area contributed by atoms with E-state index in [1.54, 1.807) is 25.1 Å². The highest BCUT2D eigenvalue weighted by molar-refractivity contribution is 5.95. The predicted octanol–water partition coefficient (Wildman–Crippen LogP) is 3.33. The smallest absolute Gasteiger partial charge is 0.347 e. The van der Waals surface area contributed by atoms with Crippen molar-refractivity contribution in [3.05, 3.63) is 60.2 Å². The summed E-state index contributed by atoms with van der Waals surface area (Å²) in [7, 11) is 0. The molecule has 0 bridgehead atoms. The molecule has 0 saturated heterocycles. The van der Waals surface area contributed by atoms with Gasteiger partial charge in [0.05, 0.1) is 0 Å². The van der Waals surface area contributed by atoms with Crippen LogP contribution in [0.2, 0.25) is 0 Å². The van der Waals surface area contributed by atoms with E-state index in [1.165, 1.54) is 6.92 Å². The van der Waals surface area contributed by atoms with Crippen LogP contribution in [0.25, 0.3) is 0 Å². The Kier molecular flexibility index (Phi) is 5.95. The highest BCUT2D eigenvalue weighted by Crippen LogP contribution is 2.15. The standard InChI is InChI=1S/C19H21NO4/c1-13-8-7-11-17(12-13)23-15(3)19(22)24-14(2)18(21)20-16-9-5-4-6-10-16/h4-12,14-15H,1-3H3,(H,20,21)/t14-,15-/m1/s1. The number of esters is 1. The van der Waals surface area contributed by atoms with Gasteiger partial charge in [0.1, 0.15) is 5.75 Å². The van der Waals surface area contributed by atoms with Gasteiger partial charge >= 0.3 is 5.97 Å². The average molecular weight is 327 g/mol. The number of carbonyl (C=O) groups is 2. The number of anilines is 1. The summed E-state index contributed by atoms with van der Waals surface area (Å²) in [5.74, 6) is -0.398. The zero-order chi connectivity index (χ0) is 17.5. The van der Waals surface area contributed by atoms with Crippen LogP contribution in [0, 0.1) is 6.92 Å². The minimum atomic E-state index is -0.915. The van der Waals surface area contributed by atoms with Gasteiger partial charge in [-0.1, -0.05) is 30.3 Å². The molecule has 0 unspecified atom stereocenters. The molecule has 2 aromatic carbocycles. The molecule has 0 fully saturated rings. The number of carbonyl (C=O) groups excluding carboxylic acids is 2. The molecular weight excluding hydrogens is 306 g/mol. The summed E-state index contributed by atoms with van der Waals surface area (Å²) in [6.07, 6.45) is -1.72. The Balaban J connectivity index is 1.87. The van der Waals surface area contributed by atoms with Gasteiger partial charge < -0.3 is 14.8 Å². The van der Waals surface area contributed by atoms with Crippen molar-refractivity contribution in [3.8, 4) is 5.75 Å². The van der Waals surface area contributed by atoms with Crippen LogP contribution >= 0.6 is 0 Å². The van der Waals surface area contributed by atoms with Crippen LogP contribution in [0.1, 0.15) is 19.4 Å². The summed E-state index contributed by atoms with van der Waals surface area (Å²) in [6, 6.07) is 16.4. The van der Waals surface area contributed by atoms with Crippen molar-refractivity contribution in [3.63, 3.8) is 0 Å². The summed E-state index contributed by atoms with van der Waals surface area (Å²) in [5.41, 5.74) is 1.68. The van der Waals surface area contributed by atoms with Crippen molar-refractivity contribution in [1.82, 2.24) is 0 Å². The quantitative estimate of drug-likeness (QED) is 0.827. The number of amides is 1. The number of ether oxygens (including phenoxy) is 2. The predicted molar refractivity (Wildman–Crippen MR) is 91.9 cm³/mol. The van der Waals surface area contributed by atoms with E-state index in [0.29, 0.717) is 11.4 Å². The van der Waals surface area contributed by atoms with E-state index in [4.69, 9.17) is 9.47 Å². The fourth-order valence-electron chi connectivity index (χ4n) is 2.03. The molecule has 0 saturated carbocycles. The molecule has 0 aromatic heterocycles. The van der Waals surface area contributed by atoms with E-state index in [9.17, 15) is 9.59 Å². The summed E-state index contributed by atoms with van der Waals surface area (Å²) in [5, 5.41) is 2.69. The Morgan fingerprint density at radius 2 is 1.67 bits per heavy atom. The van der Waals surface area contributed by atoms with Crippen molar-refractivity contribution < 1.29 is 19.1 Å². The lowest BCUT2D eigenvalue weighted by Gasteiger charge is -2.18. The maximum atomic E-state index is 12.1. The third kappa shape index (κ3) is 5.12. The maximum absolute atomic E-state index is 12.1. The summed E-state index contributed by atoms with van der Waals surface area (Å²) < 4.78 is 10.7. The molecule has 1 amide bonds. The van der Waals surface area contributed by atoms with Crippen LogP contribution in [0.15, 0.2) is 54.6 Å². The molecule has 0 aliphatic rings. The van der Waals surface area contributed by atoms with E-state index in [1.807, 2.05) is 43.3 Å². The summed E-state index contributed by atoms with van der Waals surface area (Å²) >= 11 is 0. The second kappa shape index (κ2) is 8.15. The largest absolute Gasteiger partial charge is 0.479 e. The van der Waals surface area contributed by atoms with Crippen LogP contribution in [-0.2, 0) is 14.3 Å². The third-order valence-corrected chi connectivity index (χ3v) is 3.34. The van der Waals surface area contributed by atoms with Gasteiger partial charge in [0.15, 0.2) is 12.2 Å². The SMILES string of the molecule is Cc1cccc(O[C@H](C)C(=O)O[C@H](C)C(=O)Nc2ccccc2)c1. The minimum absolute atomic E-state index is 0.391. The summed E-state index contributed by atoms with van der Waals surface area (Å²) in [6.45, 7) is 5.05. The van der Waals surface area contributed by atoms with Gasteiger partial charge in [-0.3, -0.25) is 4.79 Å². The first kappa shape index (κ1) is 17.5. The van der Waals surface area contributed by atoms with Gasteiger partial charge in [0, 0.05) is 5.69 Å². The molecule has 2 rings (SSSR count). The van der Waals surface area contributed by atoms with Gasteiger partial charge in [-0.25, -0.2) is 4.79 Å². The molecule has 0 heterocycles.